The topological polar surface area (TPSA) is 76.7 Å². The standard InChI is InChI=1S/C12H15N5O/c1-8-3-2-5-14-10(8)12-16-11(17-18-12)9-4-6-13-7-15-9/h4,6-8,10,14H,2-3,5H2,1H3. The predicted octanol–water partition coefficient (Wildman–Crippen LogP) is 1.59. The lowest BCUT2D eigenvalue weighted by Gasteiger charge is -2.26. The largest absolute Gasteiger partial charge is 0.337 e. The summed E-state index contributed by atoms with van der Waals surface area (Å²) in [6, 6.07) is 1.92. The van der Waals surface area contributed by atoms with Crippen LogP contribution in [-0.2, 0) is 0 Å². The van der Waals surface area contributed by atoms with E-state index in [0.717, 1.165) is 6.54 Å². The molecule has 94 valence electrons. The number of piperidine rings is 1. The van der Waals surface area contributed by atoms with Crippen LogP contribution in [0.15, 0.2) is 23.1 Å². The summed E-state index contributed by atoms with van der Waals surface area (Å²) < 4.78 is 5.34. The molecule has 1 aliphatic rings. The Hall–Kier alpha value is -1.82. The third kappa shape index (κ3) is 2.11. The van der Waals surface area contributed by atoms with Crippen molar-refractivity contribution in [3.63, 3.8) is 0 Å². The molecule has 1 fully saturated rings. The molecule has 1 saturated heterocycles. The van der Waals surface area contributed by atoms with Crippen LogP contribution in [0.25, 0.3) is 11.5 Å². The van der Waals surface area contributed by atoms with E-state index in [-0.39, 0.29) is 6.04 Å². The minimum atomic E-state index is 0.154. The summed E-state index contributed by atoms with van der Waals surface area (Å²) in [5.41, 5.74) is 0.684. The molecule has 18 heavy (non-hydrogen) atoms. The molecule has 0 radical (unpaired) electrons. The molecule has 2 atom stereocenters. The van der Waals surface area contributed by atoms with Gasteiger partial charge in [-0.1, -0.05) is 12.1 Å². The fourth-order valence-corrected chi connectivity index (χ4v) is 2.27. The predicted molar refractivity (Wildman–Crippen MR) is 64.5 cm³/mol. The van der Waals surface area contributed by atoms with Crippen LogP contribution in [0.2, 0.25) is 0 Å². The van der Waals surface area contributed by atoms with Crippen LogP contribution in [-0.4, -0.2) is 26.7 Å². The second kappa shape index (κ2) is 4.81. The molecule has 1 aliphatic heterocycles. The van der Waals surface area contributed by atoms with Gasteiger partial charge in [-0.25, -0.2) is 9.97 Å². The van der Waals surface area contributed by atoms with E-state index >= 15 is 0 Å². The Balaban J connectivity index is 1.85. The van der Waals surface area contributed by atoms with Crippen LogP contribution < -0.4 is 5.32 Å². The van der Waals surface area contributed by atoms with E-state index < -0.39 is 0 Å². The maximum absolute atomic E-state index is 5.34. The van der Waals surface area contributed by atoms with Crippen molar-refractivity contribution in [3.05, 3.63) is 24.5 Å². The van der Waals surface area contributed by atoms with Crippen LogP contribution in [0, 0.1) is 5.92 Å². The molecule has 0 spiro atoms. The summed E-state index contributed by atoms with van der Waals surface area (Å²) in [6.45, 7) is 3.20. The lowest BCUT2D eigenvalue weighted by atomic mass is 9.93. The molecule has 1 N–H and O–H groups in total. The van der Waals surface area contributed by atoms with E-state index in [1.54, 1.807) is 12.3 Å². The Labute approximate surface area is 105 Å². The molecule has 0 aliphatic carbocycles. The van der Waals surface area contributed by atoms with E-state index in [1.807, 2.05) is 0 Å². The maximum atomic E-state index is 5.34. The average Bonchev–Trinajstić information content (AvgIpc) is 2.90. The van der Waals surface area contributed by atoms with Gasteiger partial charge in [-0.2, -0.15) is 4.98 Å². The molecule has 0 saturated carbocycles. The molecule has 0 amide bonds. The average molecular weight is 245 g/mol. The molecule has 3 heterocycles. The number of aromatic nitrogens is 4. The van der Waals surface area contributed by atoms with Gasteiger partial charge in [-0.3, -0.25) is 0 Å². The molecule has 2 aromatic heterocycles. The number of nitrogens with zero attached hydrogens (tertiary/aromatic N) is 4. The SMILES string of the molecule is CC1CCCNC1c1nc(-c2ccncn2)no1. The van der Waals surface area contributed by atoms with Gasteiger partial charge in [-0.05, 0) is 31.4 Å². The first kappa shape index (κ1) is 11.3. The zero-order valence-corrected chi connectivity index (χ0v) is 10.2. The molecule has 2 aromatic rings. The van der Waals surface area contributed by atoms with Gasteiger partial charge in [0.2, 0.25) is 11.7 Å². The van der Waals surface area contributed by atoms with Gasteiger partial charge in [-0.15, -0.1) is 0 Å². The quantitative estimate of drug-likeness (QED) is 0.865. The van der Waals surface area contributed by atoms with Crippen LogP contribution in [0.1, 0.15) is 31.7 Å². The van der Waals surface area contributed by atoms with Crippen LogP contribution in [0.4, 0.5) is 0 Å². The monoisotopic (exact) mass is 245 g/mol. The van der Waals surface area contributed by atoms with Crippen molar-refractivity contribution in [3.8, 4) is 11.5 Å². The highest BCUT2D eigenvalue weighted by atomic mass is 16.5. The molecule has 3 rings (SSSR count). The highest BCUT2D eigenvalue weighted by molar-refractivity contribution is 5.46. The Morgan fingerprint density at radius 1 is 1.44 bits per heavy atom. The fraction of sp³-hybridized carbons (Fsp3) is 0.500. The maximum Gasteiger partial charge on any atom is 0.244 e. The normalized spacial score (nSPS) is 24.1. The fourth-order valence-electron chi connectivity index (χ4n) is 2.27. The summed E-state index contributed by atoms with van der Waals surface area (Å²) in [7, 11) is 0. The van der Waals surface area contributed by atoms with E-state index in [2.05, 4.69) is 32.3 Å². The summed E-state index contributed by atoms with van der Waals surface area (Å²) >= 11 is 0. The van der Waals surface area contributed by atoms with Gasteiger partial charge >= 0.3 is 0 Å². The smallest absolute Gasteiger partial charge is 0.244 e. The Morgan fingerprint density at radius 3 is 3.17 bits per heavy atom. The van der Waals surface area contributed by atoms with E-state index in [0.29, 0.717) is 23.3 Å². The Kier molecular flexibility index (Phi) is 3.02. The second-order valence-corrected chi connectivity index (χ2v) is 4.60. The van der Waals surface area contributed by atoms with Gasteiger partial charge < -0.3 is 9.84 Å². The van der Waals surface area contributed by atoms with Crippen molar-refractivity contribution in [1.29, 1.82) is 0 Å². The first-order valence-electron chi connectivity index (χ1n) is 6.18. The zero-order valence-electron chi connectivity index (χ0n) is 10.2. The van der Waals surface area contributed by atoms with Gasteiger partial charge in [0.15, 0.2) is 0 Å². The second-order valence-electron chi connectivity index (χ2n) is 4.60. The molecule has 0 bridgehead atoms. The lowest BCUT2D eigenvalue weighted by molar-refractivity contribution is 0.239. The van der Waals surface area contributed by atoms with E-state index in [1.165, 1.54) is 19.2 Å². The van der Waals surface area contributed by atoms with Gasteiger partial charge in [0.25, 0.3) is 0 Å². The van der Waals surface area contributed by atoms with Crippen LogP contribution in [0.5, 0.6) is 0 Å². The number of rotatable bonds is 2. The van der Waals surface area contributed by atoms with Crippen LogP contribution in [0.3, 0.4) is 0 Å². The van der Waals surface area contributed by atoms with Crippen molar-refractivity contribution >= 4 is 0 Å². The zero-order chi connectivity index (χ0) is 12.4. The van der Waals surface area contributed by atoms with Gasteiger partial charge in [0, 0.05) is 6.20 Å². The van der Waals surface area contributed by atoms with Crippen molar-refractivity contribution in [2.45, 2.75) is 25.8 Å². The lowest BCUT2D eigenvalue weighted by Crippen LogP contribution is -2.33. The van der Waals surface area contributed by atoms with E-state index in [4.69, 9.17) is 4.52 Å². The first-order chi connectivity index (χ1) is 8.84. The van der Waals surface area contributed by atoms with E-state index in [9.17, 15) is 0 Å². The number of nitrogens with one attached hydrogen (secondary N) is 1. The van der Waals surface area contributed by atoms with Crippen molar-refractivity contribution in [2.24, 2.45) is 5.92 Å². The summed E-state index contributed by atoms with van der Waals surface area (Å²) in [4.78, 5) is 12.4. The molecular formula is C12H15N5O. The summed E-state index contributed by atoms with van der Waals surface area (Å²) in [5, 5.41) is 7.40. The third-order valence-electron chi connectivity index (χ3n) is 3.29. The Morgan fingerprint density at radius 2 is 2.39 bits per heavy atom. The summed E-state index contributed by atoms with van der Waals surface area (Å²) in [6.07, 6.45) is 5.53. The van der Waals surface area contributed by atoms with Crippen LogP contribution >= 0.6 is 0 Å². The molecule has 0 aromatic carbocycles. The number of hydrogen-bond acceptors (Lipinski definition) is 6. The Bertz CT molecular complexity index is 512. The number of hydrogen-bond donors (Lipinski definition) is 1. The van der Waals surface area contributed by atoms with Crippen molar-refractivity contribution in [1.82, 2.24) is 25.4 Å². The van der Waals surface area contributed by atoms with Gasteiger partial charge in [0.1, 0.15) is 12.0 Å². The minimum Gasteiger partial charge on any atom is -0.337 e. The minimum absolute atomic E-state index is 0.154. The third-order valence-corrected chi connectivity index (χ3v) is 3.29. The first-order valence-corrected chi connectivity index (χ1v) is 6.18. The molecule has 6 nitrogen and oxygen atoms in total. The highest BCUT2D eigenvalue weighted by Crippen LogP contribution is 2.28. The molecule has 2 unspecified atom stereocenters. The molecule has 6 heteroatoms. The molecular weight excluding hydrogens is 230 g/mol. The van der Waals surface area contributed by atoms with Gasteiger partial charge in [0.05, 0.1) is 6.04 Å². The highest BCUT2D eigenvalue weighted by Gasteiger charge is 2.27. The summed E-state index contributed by atoms with van der Waals surface area (Å²) in [5.74, 6) is 1.68. The van der Waals surface area contributed by atoms with Crippen molar-refractivity contribution in [2.75, 3.05) is 6.54 Å². The van der Waals surface area contributed by atoms with Crippen molar-refractivity contribution < 1.29 is 4.52 Å².